The van der Waals surface area contributed by atoms with E-state index in [0.29, 0.717) is 24.7 Å². The number of carbonyl (C=O) groups is 2. The summed E-state index contributed by atoms with van der Waals surface area (Å²) in [7, 11) is 1.58. The van der Waals surface area contributed by atoms with Crippen LogP contribution in [-0.2, 0) is 14.3 Å². The molecule has 0 radical (unpaired) electrons. The number of anilines is 1. The second-order valence-corrected chi connectivity index (χ2v) is 5.53. The second-order valence-electron chi connectivity index (χ2n) is 5.12. The summed E-state index contributed by atoms with van der Waals surface area (Å²) in [5.41, 5.74) is 1.70. The number of benzene rings is 1. The van der Waals surface area contributed by atoms with Crippen LogP contribution in [0.4, 0.5) is 5.69 Å². The van der Waals surface area contributed by atoms with Gasteiger partial charge in [-0.3, -0.25) is 9.59 Å². The van der Waals surface area contributed by atoms with E-state index in [1.807, 2.05) is 19.1 Å². The fourth-order valence-electron chi connectivity index (χ4n) is 2.30. The maximum atomic E-state index is 12.1. The number of nitrogens with zero attached hydrogens (tertiary/aromatic N) is 1. The van der Waals surface area contributed by atoms with Gasteiger partial charge in [-0.2, -0.15) is 0 Å². The fraction of sp³-hybridized carbons (Fsp3) is 0.467. The third-order valence-corrected chi connectivity index (χ3v) is 3.98. The van der Waals surface area contributed by atoms with Crippen LogP contribution in [0.3, 0.4) is 0 Å². The summed E-state index contributed by atoms with van der Waals surface area (Å²) in [6.07, 6.45) is 0.226. The molecule has 1 aliphatic heterocycles. The van der Waals surface area contributed by atoms with Gasteiger partial charge in [0.2, 0.25) is 11.8 Å². The number of carbonyl (C=O) groups excluding carboxylic acids is 2. The van der Waals surface area contributed by atoms with Crippen molar-refractivity contribution in [1.82, 2.24) is 5.32 Å². The van der Waals surface area contributed by atoms with Gasteiger partial charge in [0.15, 0.2) is 0 Å². The Labute approximate surface area is 129 Å². The standard InChI is InChI=1S/C15H19ClN2O3/c1-10-3-4-12(8-13(10)16)18-9-11(7-14(18)19)15(20)17-5-6-21-2/h3-4,8,11H,5-7,9H2,1-2H3,(H,17,20)/t11-/m1/s1. The van der Waals surface area contributed by atoms with Crippen LogP contribution in [0, 0.1) is 12.8 Å². The topological polar surface area (TPSA) is 58.6 Å². The summed E-state index contributed by atoms with van der Waals surface area (Å²) in [5.74, 6) is -0.489. The van der Waals surface area contributed by atoms with Gasteiger partial charge in [-0.05, 0) is 24.6 Å². The molecule has 1 aromatic carbocycles. The molecule has 6 heteroatoms. The Kier molecular flexibility index (Phi) is 5.20. The van der Waals surface area contributed by atoms with Crippen LogP contribution in [0.15, 0.2) is 18.2 Å². The molecule has 21 heavy (non-hydrogen) atoms. The lowest BCUT2D eigenvalue weighted by Gasteiger charge is -2.17. The third kappa shape index (κ3) is 3.74. The Morgan fingerprint density at radius 3 is 2.95 bits per heavy atom. The maximum Gasteiger partial charge on any atom is 0.227 e. The van der Waals surface area contributed by atoms with Crippen molar-refractivity contribution in [3.63, 3.8) is 0 Å². The number of methoxy groups -OCH3 is 1. The monoisotopic (exact) mass is 310 g/mol. The Bertz CT molecular complexity index is 548. The molecule has 0 unspecified atom stereocenters. The lowest BCUT2D eigenvalue weighted by atomic mass is 10.1. The molecule has 1 aliphatic rings. The van der Waals surface area contributed by atoms with E-state index in [1.54, 1.807) is 18.1 Å². The first-order valence-electron chi connectivity index (χ1n) is 6.86. The van der Waals surface area contributed by atoms with Crippen molar-refractivity contribution in [2.75, 3.05) is 31.7 Å². The van der Waals surface area contributed by atoms with Crippen molar-refractivity contribution >= 4 is 29.1 Å². The number of nitrogens with one attached hydrogen (secondary N) is 1. The van der Waals surface area contributed by atoms with Crippen LogP contribution in [0.2, 0.25) is 5.02 Å². The molecule has 0 aliphatic carbocycles. The molecule has 114 valence electrons. The summed E-state index contributed by atoms with van der Waals surface area (Å²) >= 11 is 6.09. The van der Waals surface area contributed by atoms with Crippen molar-refractivity contribution in [2.24, 2.45) is 5.92 Å². The van der Waals surface area contributed by atoms with Crippen LogP contribution >= 0.6 is 11.6 Å². The molecular weight excluding hydrogens is 292 g/mol. The van der Waals surface area contributed by atoms with Crippen molar-refractivity contribution in [3.8, 4) is 0 Å². The van der Waals surface area contributed by atoms with Gasteiger partial charge in [0.05, 0.1) is 12.5 Å². The minimum absolute atomic E-state index is 0.0539. The number of ether oxygens (including phenoxy) is 1. The van der Waals surface area contributed by atoms with E-state index in [0.717, 1.165) is 11.3 Å². The first-order valence-corrected chi connectivity index (χ1v) is 7.24. The van der Waals surface area contributed by atoms with Gasteiger partial charge in [0, 0.05) is 37.3 Å². The molecule has 1 fully saturated rings. The van der Waals surface area contributed by atoms with E-state index in [1.165, 1.54) is 0 Å². The number of halogens is 1. The van der Waals surface area contributed by atoms with Gasteiger partial charge in [0.1, 0.15) is 0 Å². The zero-order valence-electron chi connectivity index (χ0n) is 12.2. The molecular formula is C15H19ClN2O3. The van der Waals surface area contributed by atoms with Crippen LogP contribution in [0.25, 0.3) is 0 Å². The molecule has 2 rings (SSSR count). The van der Waals surface area contributed by atoms with Gasteiger partial charge >= 0.3 is 0 Å². The van der Waals surface area contributed by atoms with Gasteiger partial charge < -0.3 is 15.0 Å². The minimum Gasteiger partial charge on any atom is -0.383 e. The second kappa shape index (κ2) is 6.91. The molecule has 1 saturated heterocycles. The van der Waals surface area contributed by atoms with Crippen molar-refractivity contribution in [3.05, 3.63) is 28.8 Å². The molecule has 1 N–H and O–H groups in total. The molecule has 2 amide bonds. The third-order valence-electron chi connectivity index (χ3n) is 3.57. The highest BCUT2D eigenvalue weighted by Crippen LogP contribution is 2.28. The molecule has 0 saturated carbocycles. The zero-order valence-corrected chi connectivity index (χ0v) is 12.9. The molecule has 0 aromatic heterocycles. The van der Waals surface area contributed by atoms with E-state index in [4.69, 9.17) is 16.3 Å². The number of hydrogen-bond acceptors (Lipinski definition) is 3. The summed E-state index contributed by atoms with van der Waals surface area (Å²) in [4.78, 5) is 25.7. The van der Waals surface area contributed by atoms with Crippen molar-refractivity contribution < 1.29 is 14.3 Å². The quantitative estimate of drug-likeness (QED) is 0.843. The summed E-state index contributed by atoms with van der Waals surface area (Å²) < 4.78 is 4.88. The number of hydrogen-bond donors (Lipinski definition) is 1. The first kappa shape index (κ1) is 15.8. The smallest absolute Gasteiger partial charge is 0.227 e. The highest BCUT2D eigenvalue weighted by Gasteiger charge is 2.35. The SMILES string of the molecule is COCCNC(=O)[C@@H]1CC(=O)N(c2ccc(C)c(Cl)c2)C1. The molecule has 0 spiro atoms. The average Bonchev–Trinajstić information content (AvgIpc) is 2.84. The number of amides is 2. The molecule has 0 bridgehead atoms. The summed E-state index contributed by atoms with van der Waals surface area (Å²) in [6.45, 7) is 3.21. The highest BCUT2D eigenvalue weighted by molar-refractivity contribution is 6.31. The summed E-state index contributed by atoms with van der Waals surface area (Å²) in [6, 6.07) is 5.49. The van der Waals surface area contributed by atoms with Crippen molar-refractivity contribution in [1.29, 1.82) is 0 Å². The van der Waals surface area contributed by atoms with E-state index >= 15 is 0 Å². The van der Waals surface area contributed by atoms with Crippen LogP contribution in [0.1, 0.15) is 12.0 Å². The Morgan fingerprint density at radius 1 is 1.52 bits per heavy atom. The number of rotatable bonds is 5. The van der Waals surface area contributed by atoms with Gasteiger partial charge in [-0.15, -0.1) is 0 Å². The Balaban J connectivity index is 2.02. The normalized spacial score (nSPS) is 18.1. The molecule has 1 aromatic rings. The summed E-state index contributed by atoms with van der Waals surface area (Å²) in [5, 5.41) is 3.39. The average molecular weight is 311 g/mol. The number of aryl methyl sites for hydroxylation is 1. The molecule has 5 nitrogen and oxygen atoms in total. The largest absolute Gasteiger partial charge is 0.383 e. The van der Waals surface area contributed by atoms with E-state index in [-0.39, 0.29) is 24.2 Å². The predicted octanol–water partition coefficient (Wildman–Crippen LogP) is 1.76. The van der Waals surface area contributed by atoms with Gasteiger partial charge in [-0.25, -0.2) is 0 Å². The van der Waals surface area contributed by atoms with Crippen LogP contribution in [0.5, 0.6) is 0 Å². The Hall–Kier alpha value is -1.59. The lowest BCUT2D eigenvalue weighted by Crippen LogP contribution is -2.34. The zero-order chi connectivity index (χ0) is 15.4. The van der Waals surface area contributed by atoms with E-state index in [9.17, 15) is 9.59 Å². The van der Waals surface area contributed by atoms with E-state index in [2.05, 4.69) is 5.32 Å². The minimum atomic E-state index is -0.325. The van der Waals surface area contributed by atoms with Gasteiger partial charge in [-0.1, -0.05) is 17.7 Å². The van der Waals surface area contributed by atoms with Crippen molar-refractivity contribution in [2.45, 2.75) is 13.3 Å². The molecule has 1 atom stereocenters. The predicted molar refractivity (Wildman–Crippen MR) is 81.5 cm³/mol. The van der Waals surface area contributed by atoms with E-state index < -0.39 is 0 Å². The Morgan fingerprint density at radius 2 is 2.29 bits per heavy atom. The van der Waals surface area contributed by atoms with Crippen LogP contribution in [-0.4, -0.2) is 38.6 Å². The van der Waals surface area contributed by atoms with Gasteiger partial charge in [0.25, 0.3) is 0 Å². The molecule has 1 heterocycles. The highest BCUT2D eigenvalue weighted by atomic mass is 35.5. The fourth-order valence-corrected chi connectivity index (χ4v) is 2.48. The lowest BCUT2D eigenvalue weighted by molar-refractivity contribution is -0.126. The maximum absolute atomic E-state index is 12.1. The van der Waals surface area contributed by atoms with Crippen LogP contribution < -0.4 is 10.2 Å². The first-order chi connectivity index (χ1) is 10.0.